The van der Waals surface area contributed by atoms with Crippen molar-refractivity contribution in [1.82, 2.24) is 0 Å². The lowest BCUT2D eigenvalue weighted by molar-refractivity contribution is 0.184. The molecular formula is C9H9BrF2O. The van der Waals surface area contributed by atoms with E-state index in [0.717, 1.165) is 12.1 Å². The van der Waals surface area contributed by atoms with Crippen molar-refractivity contribution in [3.63, 3.8) is 0 Å². The van der Waals surface area contributed by atoms with Gasteiger partial charge in [-0.1, -0.05) is 15.9 Å². The first-order chi connectivity index (χ1) is 7.33. The zero-order valence-electron chi connectivity index (χ0n) is 9.61. The van der Waals surface area contributed by atoms with Crippen molar-refractivity contribution in [2.45, 2.75) is 11.9 Å². The number of benzene rings is 1. The first-order valence-corrected chi connectivity index (χ1v) is 4.62. The van der Waals surface area contributed by atoms with Crippen LogP contribution in [0.5, 0.6) is 0 Å². The van der Waals surface area contributed by atoms with E-state index in [2.05, 4.69) is 20.7 Å². The van der Waals surface area contributed by atoms with Gasteiger partial charge in [-0.2, -0.15) is 0 Å². The summed E-state index contributed by atoms with van der Waals surface area (Å²) in [6, 6.07) is 2.12. The number of alkyl halides is 1. The van der Waals surface area contributed by atoms with Crippen molar-refractivity contribution >= 4 is 15.9 Å². The summed E-state index contributed by atoms with van der Waals surface area (Å²) in [5, 5.41) is 0.0606. The minimum absolute atomic E-state index is 0.0606. The fraction of sp³-hybridized carbons (Fsp3) is 0.333. The van der Waals surface area contributed by atoms with Crippen LogP contribution in [0, 0.1) is 11.6 Å². The van der Waals surface area contributed by atoms with Gasteiger partial charge in [0.1, 0.15) is 11.6 Å². The Hall–Kier alpha value is -0.480. The quantitative estimate of drug-likeness (QED) is 0.753. The van der Waals surface area contributed by atoms with Crippen molar-refractivity contribution in [1.29, 1.82) is 0 Å². The lowest BCUT2D eigenvalue weighted by Crippen LogP contribution is -1.96. The topological polar surface area (TPSA) is 9.23 Å². The van der Waals surface area contributed by atoms with Crippen LogP contribution in [0.15, 0.2) is 12.1 Å². The van der Waals surface area contributed by atoms with Gasteiger partial charge in [0, 0.05) is 17.9 Å². The molecule has 1 aromatic rings. The molecule has 13 heavy (non-hydrogen) atoms. The van der Waals surface area contributed by atoms with E-state index in [1.54, 1.807) is 0 Å². The third-order valence-corrected chi connectivity index (χ3v) is 2.13. The van der Waals surface area contributed by atoms with Gasteiger partial charge >= 0.3 is 0 Å². The molecule has 0 aliphatic rings. The van der Waals surface area contributed by atoms with Crippen LogP contribution >= 0.6 is 15.9 Å². The van der Waals surface area contributed by atoms with E-state index in [4.69, 9.17) is 4.11 Å². The van der Waals surface area contributed by atoms with Gasteiger partial charge in [0.2, 0.25) is 0 Å². The molecule has 0 aliphatic carbocycles. The Morgan fingerprint density at radius 2 is 2.08 bits per heavy atom. The van der Waals surface area contributed by atoms with Crippen LogP contribution in [0.4, 0.5) is 8.78 Å². The number of ether oxygens (including phenoxy) is 1. The van der Waals surface area contributed by atoms with Crippen LogP contribution in [-0.4, -0.2) is 7.04 Å². The Balaban J connectivity index is 2.84. The molecule has 0 atom stereocenters. The van der Waals surface area contributed by atoms with Gasteiger partial charge in [-0.3, -0.25) is 0 Å². The highest BCUT2D eigenvalue weighted by atomic mass is 79.9. The number of rotatable bonds is 3. The van der Waals surface area contributed by atoms with E-state index in [1.165, 1.54) is 0 Å². The summed E-state index contributed by atoms with van der Waals surface area (Å²) in [6.07, 6.45) is 0. The molecule has 0 bridgehead atoms. The molecule has 0 saturated carbocycles. The maximum Gasteiger partial charge on any atom is 0.130 e. The van der Waals surface area contributed by atoms with E-state index in [0.29, 0.717) is 0 Å². The first-order valence-electron chi connectivity index (χ1n) is 5.00. The van der Waals surface area contributed by atoms with Gasteiger partial charge in [0.15, 0.2) is 0 Å². The molecule has 0 fully saturated rings. The van der Waals surface area contributed by atoms with E-state index in [9.17, 15) is 8.78 Å². The smallest absolute Gasteiger partial charge is 0.130 e. The molecule has 0 heterocycles. The zero-order valence-corrected chi connectivity index (χ0v) is 8.20. The Labute approximate surface area is 88.1 Å². The second-order valence-corrected chi connectivity index (χ2v) is 3.02. The van der Waals surface area contributed by atoms with Crippen molar-refractivity contribution < 1.29 is 17.6 Å². The summed E-state index contributed by atoms with van der Waals surface area (Å²) < 4.78 is 51.3. The maximum absolute atomic E-state index is 13.3. The number of hydrogen-bond acceptors (Lipinski definition) is 1. The molecule has 72 valence electrons. The Kier molecular flexibility index (Phi) is 2.48. The number of methoxy groups -OCH3 is 1. The summed E-state index contributed by atoms with van der Waals surface area (Å²) >= 11 is 2.95. The molecule has 0 amide bonds. The Morgan fingerprint density at radius 3 is 2.54 bits per heavy atom. The summed E-state index contributed by atoms with van der Waals surface area (Å²) in [7, 11) is -2.57. The maximum atomic E-state index is 13.3. The second-order valence-electron chi connectivity index (χ2n) is 2.46. The van der Waals surface area contributed by atoms with E-state index >= 15 is 0 Å². The zero-order chi connectivity index (χ0) is 12.3. The molecule has 0 spiro atoms. The van der Waals surface area contributed by atoms with Crippen LogP contribution in [0.3, 0.4) is 0 Å². The van der Waals surface area contributed by atoms with Gasteiger partial charge in [-0.15, -0.1) is 0 Å². The summed E-state index contributed by atoms with van der Waals surface area (Å²) in [5.41, 5.74) is 0.0634. The lowest BCUT2D eigenvalue weighted by atomic mass is 10.1. The fourth-order valence-electron chi connectivity index (χ4n) is 0.950. The summed E-state index contributed by atoms with van der Waals surface area (Å²) in [4.78, 5) is 0. The third kappa shape index (κ3) is 2.48. The van der Waals surface area contributed by atoms with Crippen LogP contribution in [-0.2, 0) is 16.7 Å². The molecule has 0 aliphatic heterocycles. The minimum atomic E-state index is -2.57. The average Bonchev–Trinajstić information content (AvgIpc) is 2.13. The predicted molar refractivity (Wildman–Crippen MR) is 49.7 cm³/mol. The molecule has 1 rings (SSSR count). The van der Waals surface area contributed by atoms with Crippen molar-refractivity contribution in [3.8, 4) is 0 Å². The predicted octanol–water partition coefficient (Wildman–Crippen LogP) is 3.01. The molecule has 1 aromatic carbocycles. The monoisotopic (exact) mass is 253 g/mol. The molecule has 0 unspecified atom stereocenters. The van der Waals surface area contributed by atoms with Gasteiger partial charge in [-0.25, -0.2) is 8.78 Å². The van der Waals surface area contributed by atoms with Crippen molar-refractivity contribution in [2.24, 2.45) is 0 Å². The SMILES string of the molecule is [2H]C([2H])([2H])OCc1cc(F)c(CBr)c(F)c1. The molecule has 0 aromatic heterocycles. The summed E-state index contributed by atoms with van der Waals surface area (Å²) in [5.74, 6) is -1.44. The largest absolute Gasteiger partial charge is 0.380 e. The van der Waals surface area contributed by atoms with Crippen LogP contribution < -0.4 is 0 Å². The fourth-order valence-corrected chi connectivity index (χ4v) is 1.49. The van der Waals surface area contributed by atoms with E-state index in [-0.39, 0.29) is 23.1 Å². The van der Waals surface area contributed by atoms with Crippen molar-refractivity contribution in [2.75, 3.05) is 7.04 Å². The van der Waals surface area contributed by atoms with Gasteiger partial charge in [0.05, 0.1) is 10.7 Å². The first kappa shape index (κ1) is 6.90. The number of hydrogen-bond donors (Lipinski definition) is 0. The third-order valence-electron chi connectivity index (χ3n) is 1.57. The van der Waals surface area contributed by atoms with Crippen LogP contribution in [0.1, 0.15) is 15.2 Å². The van der Waals surface area contributed by atoms with E-state index in [1.807, 2.05) is 0 Å². The Bertz CT molecular complexity index is 359. The molecule has 0 saturated heterocycles. The van der Waals surface area contributed by atoms with Crippen LogP contribution in [0.2, 0.25) is 0 Å². The normalized spacial score (nSPS) is 14.8. The molecule has 4 heteroatoms. The highest BCUT2D eigenvalue weighted by Gasteiger charge is 2.09. The molecular weight excluding hydrogens is 242 g/mol. The molecule has 0 N–H and O–H groups in total. The lowest BCUT2D eigenvalue weighted by Gasteiger charge is -2.04. The van der Waals surface area contributed by atoms with Crippen LogP contribution in [0.25, 0.3) is 0 Å². The number of halogens is 3. The van der Waals surface area contributed by atoms with Gasteiger partial charge in [-0.05, 0) is 17.7 Å². The van der Waals surface area contributed by atoms with Gasteiger partial charge < -0.3 is 4.74 Å². The average molecular weight is 254 g/mol. The van der Waals surface area contributed by atoms with E-state index < -0.39 is 18.7 Å². The van der Waals surface area contributed by atoms with Gasteiger partial charge in [0.25, 0.3) is 0 Å². The standard InChI is InChI=1S/C9H9BrF2O/c1-13-5-6-2-8(11)7(4-10)9(12)3-6/h2-3H,4-5H2,1H3/i1D3. The second kappa shape index (κ2) is 4.67. The Morgan fingerprint density at radius 1 is 1.46 bits per heavy atom. The highest BCUT2D eigenvalue weighted by molar-refractivity contribution is 9.08. The highest BCUT2D eigenvalue weighted by Crippen LogP contribution is 2.18. The summed E-state index contributed by atoms with van der Waals surface area (Å²) in [6.45, 7) is -0.354. The van der Waals surface area contributed by atoms with Crippen molar-refractivity contribution in [3.05, 3.63) is 34.9 Å². The molecule has 0 radical (unpaired) electrons. The minimum Gasteiger partial charge on any atom is -0.380 e. The molecule has 1 nitrogen and oxygen atoms in total.